The van der Waals surface area contributed by atoms with Gasteiger partial charge in [-0.1, -0.05) is 78.1 Å². The molecular weight excluding hydrogens is 458 g/mol. The molecule has 4 nitrogen and oxygen atoms in total. The number of hydrogen-bond donors (Lipinski definition) is 0. The van der Waals surface area contributed by atoms with Crippen molar-refractivity contribution >= 4 is 35.5 Å². The van der Waals surface area contributed by atoms with Gasteiger partial charge in [0.05, 0.1) is 0 Å². The van der Waals surface area contributed by atoms with Crippen LogP contribution in [0.2, 0.25) is 0 Å². The first-order valence-electron chi connectivity index (χ1n) is 11.1. The van der Waals surface area contributed by atoms with Gasteiger partial charge in [0.25, 0.3) is 0 Å². The molecule has 0 saturated carbocycles. The molecule has 168 valence electrons. The fourth-order valence-corrected chi connectivity index (χ4v) is 4.33. The van der Waals surface area contributed by atoms with E-state index in [0.29, 0.717) is 11.5 Å². The van der Waals surface area contributed by atoms with E-state index in [1.807, 2.05) is 0 Å². The molecule has 0 unspecified atom stereocenters. The molecule has 0 saturated heterocycles. The topological polar surface area (TPSA) is 80.3 Å². The van der Waals surface area contributed by atoms with Crippen LogP contribution in [0.3, 0.4) is 0 Å². The molecule has 0 aromatic carbocycles. The van der Waals surface area contributed by atoms with Crippen LogP contribution < -0.4 is 10.2 Å². The van der Waals surface area contributed by atoms with Crippen LogP contribution in [-0.4, -0.2) is 35.0 Å². The van der Waals surface area contributed by atoms with Gasteiger partial charge in [-0.2, -0.15) is 23.5 Å². The maximum atomic E-state index is 10.1. The average Bonchev–Trinajstić information content (AvgIpc) is 2.65. The number of carboxylic acid groups (broad SMARTS) is 2. The number of thioether (sulfide) groups is 2. The van der Waals surface area contributed by atoms with E-state index in [-0.39, 0.29) is 32.3 Å². The molecular formula is C22H42O4S2Zn. The van der Waals surface area contributed by atoms with Gasteiger partial charge in [-0.15, -0.1) is 0 Å². The van der Waals surface area contributed by atoms with Gasteiger partial charge in [-0.25, -0.2) is 0 Å². The molecule has 0 bridgehead atoms. The number of unbranched alkanes of at least 4 members (excludes halogenated alkanes) is 10. The van der Waals surface area contributed by atoms with E-state index in [4.69, 9.17) is 0 Å². The summed E-state index contributed by atoms with van der Waals surface area (Å²) in [5.41, 5.74) is 0. The van der Waals surface area contributed by atoms with Crippen LogP contribution in [0, 0.1) is 0 Å². The molecule has 0 spiro atoms. The average molecular weight is 500 g/mol. The van der Waals surface area contributed by atoms with Crippen LogP contribution in [0.5, 0.6) is 0 Å². The largest absolute Gasteiger partial charge is 2.00 e. The Morgan fingerprint density at radius 1 is 0.552 bits per heavy atom. The van der Waals surface area contributed by atoms with Gasteiger partial charge >= 0.3 is 19.5 Å². The van der Waals surface area contributed by atoms with Crippen molar-refractivity contribution in [2.45, 2.75) is 104 Å². The molecule has 0 aliphatic carbocycles. The van der Waals surface area contributed by atoms with Crippen LogP contribution in [0.1, 0.15) is 104 Å². The van der Waals surface area contributed by atoms with Crippen LogP contribution in [0.15, 0.2) is 0 Å². The molecule has 7 heteroatoms. The molecule has 0 N–H and O–H groups in total. The Morgan fingerprint density at radius 3 is 1.17 bits per heavy atom. The Labute approximate surface area is 200 Å². The maximum Gasteiger partial charge on any atom is 2.00 e. The van der Waals surface area contributed by atoms with Crippen LogP contribution in [-0.2, 0) is 29.1 Å². The van der Waals surface area contributed by atoms with Gasteiger partial charge in [0.1, 0.15) is 0 Å². The predicted molar refractivity (Wildman–Crippen MR) is 121 cm³/mol. The normalized spacial score (nSPS) is 10.0. The molecule has 29 heavy (non-hydrogen) atoms. The van der Waals surface area contributed by atoms with E-state index in [1.54, 1.807) is 23.5 Å². The number of aliphatic carboxylic acids is 2. The molecule has 0 amide bonds. The molecule has 0 aromatic rings. The van der Waals surface area contributed by atoms with E-state index >= 15 is 0 Å². The summed E-state index contributed by atoms with van der Waals surface area (Å²) in [5.74, 6) is 1.74. The fourth-order valence-electron chi connectivity index (χ4n) is 2.48. The minimum atomic E-state index is -0.930. The number of carboxylic acids is 2. The Bertz CT molecular complexity index is 313. The van der Waals surface area contributed by atoms with Crippen molar-refractivity contribution in [3.63, 3.8) is 0 Å². The summed E-state index contributed by atoms with van der Waals surface area (Å²) >= 11 is 3.45. The first kappa shape index (κ1) is 33.9. The Kier molecular flexibility index (Phi) is 35.6. The predicted octanol–water partition coefficient (Wildman–Crippen LogP) is 4.44. The van der Waals surface area contributed by atoms with Crippen LogP contribution >= 0.6 is 23.5 Å². The van der Waals surface area contributed by atoms with Crippen molar-refractivity contribution in [1.29, 1.82) is 0 Å². The number of carbonyl (C=O) groups excluding carboxylic acids is 2. The zero-order valence-corrected chi connectivity index (χ0v) is 23.5. The second-order valence-electron chi connectivity index (χ2n) is 7.00. The third-order valence-electron chi connectivity index (χ3n) is 4.19. The molecule has 0 rings (SSSR count). The monoisotopic (exact) mass is 498 g/mol. The smallest absolute Gasteiger partial charge is 0.550 e. The van der Waals surface area contributed by atoms with Gasteiger partial charge in [-0.05, 0) is 48.7 Å². The van der Waals surface area contributed by atoms with E-state index in [9.17, 15) is 19.8 Å². The first-order chi connectivity index (χ1) is 13.5. The third kappa shape index (κ3) is 39.3. The van der Waals surface area contributed by atoms with Crippen molar-refractivity contribution in [1.82, 2.24) is 0 Å². The summed E-state index contributed by atoms with van der Waals surface area (Å²) in [5, 5.41) is 20.2. The van der Waals surface area contributed by atoms with E-state index in [2.05, 4.69) is 13.8 Å². The van der Waals surface area contributed by atoms with Crippen molar-refractivity contribution < 1.29 is 39.3 Å². The van der Waals surface area contributed by atoms with Crippen LogP contribution in [0.4, 0.5) is 0 Å². The quantitative estimate of drug-likeness (QED) is 0.182. The van der Waals surface area contributed by atoms with E-state index in [1.165, 1.54) is 77.0 Å². The van der Waals surface area contributed by atoms with Gasteiger partial charge in [0.15, 0.2) is 0 Å². The van der Waals surface area contributed by atoms with Crippen molar-refractivity contribution in [3.8, 4) is 0 Å². The first-order valence-corrected chi connectivity index (χ1v) is 13.4. The standard InChI is InChI=1S/2C11H22O2S.Zn/c2*1-2-3-4-5-6-7-9-14-10-8-11(12)13;/h2*2-10H2,1H3,(H,12,13);/q;;+2/p-2. The second-order valence-corrected chi connectivity index (χ2v) is 9.45. The zero-order chi connectivity index (χ0) is 21.3. The SMILES string of the molecule is CCCCCCCCSCCC(=O)[O-].CCCCCCCCSCCC(=O)[O-].[Zn+2]. The van der Waals surface area contributed by atoms with Crippen molar-refractivity contribution in [2.75, 3.05) is 23.0 Å². The molecule has 0 radical (unpaired) electrons. The molecule has 0 aliphatic rings. The van der Waals surface area contributed by atoms with Gasteiger partial charge < -0.3 is 19.8 Å². The molecule has 0 fully saturated rings. The molecule has 0 atom stereocenters. The van der Waals surface area contributed by atoms with Crippen molar-refractivity contribution in [3.05, 3.63) is 0 Å². The van der Waals surface area contributed by atoms with Gasteiger partial charge in [0.2, 0.25) is 0 Å². The Morgan fingerprint density at radius 2 is 0.862 bits per heavy atom. The summed E-state index contributed by atoms with van der Waals surface area (Å²) in [6, 6.07) is 0. The summed E-state index contributed by atoms with van der Waals surface area (Å²) in [6.07, 6.45) is 16.0. The molecule has 0 aliphatic heterocycles. The fraction of sp³-hybridized carbons (Fsp3) is 0.909. The summed E-state index contributed by atoms with van der Waals surface area (Å²) < 4.78 is 0. The Hall–Kier alpha value is 0.263. The Balaban J connectivity index is -0.000000451. The minimum Gasteiger partial charge on any atom is -0.550 e. The number of hydrogen-bond acceptors (Lipinski definition) is 6. The van der Waals surface area contributed by atoms with Gasteiger partial charge in [0, 0.05) is 11.9 Å². The number of rotatable bonds is 20. The zero-order valence-electron chi connectivity index (χ0n) is 18.9. The summed E-state index contributed by atoms with van der Waals surface area (Å²) in [4.78, 5) is 20.2. The maximum absolute atomic E-state index is 10.1. The third-order valence-corrected chi connectivity index (χ3v) is 6.33. The van der Waals surface area contributed by atoms with E-state index in [0.717, 1.165) is 11.5 Å². The van der Waals surface area contributed by atoms with Crippen molar-refractivity contribution in [2.24, 2.45) is 0 Å². The second kappa shape index (κ2) is 30.5. The minimum absolute atomic E-state index is 0. The van der Waals surface area contributed by atoms with E-state index < -0.39 is 11.9 Å². The number of carbonyl (C=O) groups is 2. The van der Waals surface area contributed by atoms with Crippen LogP contribution in [0.25, 0.3) is 0 Å². The summed E-state index contributed by atoms with van der Waals surface area (Å²) in [7, 11) is 0. The summed E-state index contributed by atoms with van der Waals surface area (Å²) in [6.45, 7) is 4.44. The molecule has 0 heterocycles. The molecule has 0 aromatic heterocycles. The van der Waals surface area contributed by atoms with Gasteiger partial charge in [-0.3, -0.25) is 0 Å².